The molecule has 2 aromatic rings. The summed E-state index contributed by atoms with van der Waals surface area (Å²) < 4.78 is 2.67. The van der Waals surface area contributed by atoms with E-state index >= 15 is 0 Å². The van der Waals surface area contributed by atoms with Crippen molar-refractivity contribution in [1.29, 1.82) is 0 Å². The van der Waals surface area contributed by atoms with E-state index in [4.69, 9.17) is 0 Å². The van der Waals surface area contributed by atoms with Crippen molar-refractivity contribution < 1.29 is 4.79 Å². The quantitative estimate of drug-likeness (QED) is 0.875. The van der Waals surface area contributed by atoms with E-state index in [1.54, 1.807) is 28.9 Å². The van der Waals surface area contributed by atoms with Crippen LogP contribution in [0.5, 0.6) is 0 Å². The van der Waals surface area contributed by atoms with Crippen molar-refractivity contribution in [2.24, 2.45) is 0 Å². The second-order valence-electron chi connectivity index (χ2n) is 4.46. The number of halogens is 2. The summed E-state index contributed by atoms with van der Waals surface area (Å²) in [5, 5.41) is 7.35. The maximum atomic E-state index is 12.2. The highest BCUT2D eigenvalue weighted by Crippen LogP contribution is 2.15. The third kappa shape index (κ3) is 4.56. The van der Waals surface area contributed by atoms with E-state index in [9.17, 15) is 4.79 Å². The fraction of sp³-hybridized carbons (Fsp3) is 0.286. The molecule has 0 aliphatic heterocycles. The smallest absolute Gasteiger partial charge is 0.274 e. The van der Waals surface area contributed by atoms with Crippen LogP contribution in [0.15, 0.2) is 41.0 Å². The molecule has 2 rings (SSSR count). The fourth-order valence-corrected chi connectivity index (χ4v) is 2.16. The van der Waals surface area contributed by atoms with Crippen molar-refractivity contribution in [3.05, 3.63) is 46.7 Å². The molecule has 0 aliphatic rings. The third-order valence-corrected chi connectivity index (χ3v) is 3.42. The number of hydrogen-bond donors (Lipinski definition) is 1. The highest BCUT2D eigenvalue weighted by molar-refractivity contribution is 9.10. The molecule has 0 aliphatic carbocycles. The number of aromatic nitrogens is 2. The van der Waals surface area contributed by atoms with Crippen LogP contribution in [0, 0.1) is 0 Å². The van der Waals surface area contributed by atoms with Crippen LogP contribution in [-0.4, -0.2) is 47.8 Å². The minimum atomic E-state index is -0.0750. The van der Waals surface area contributed by atoms with Gasteiger partial charge in [0.1, 0.15) is 0 Å². The summed E-state index contributed by atoms with van der Waals surface area (Å²) in [7, 11) is 3.64. The molecule has 0 atom stereocenters. The molecule has 0 fully saturated rings. The van der Waals surface area contributed by atoms with Crippen LogP contribution in [0.4, 0.5) is 0 Å². The predicted molar refractivity (Wildman–Crippen MR) is 89.4 cm³/mol. The molecule has 114 valence electrons. The summed E-state index contributed by atoms with van der Waals surface area (Å²) in [6.45, 7) is 1.41. The van der Waals surface area contributed by atoms with Crippen LogP contribution in [0.25, 0.3) is 5.69 Å². The summed E-state index contributed by atoms with van der Waals surface area (Å²) in [6, 6.07) is 9.51. The topological polar surface area (TPSA) is 50.2 Å². The van der Waals surface area contributed by atoms with Gasteiger partial charge in [0.05, 0.1) is 5.69 Å². The number of nitrogens with zero attached hydrogens (tertiary/aromatic N) is 3. The van der Waals surface area contributed by atoms with E-state index < -0.39 is 0 Å². The van der Waals surface area contributed by atoms with Gasteiger partial charge in [-0.3, -0.25) is 4.79 Å². The monoisotopic (exact) mass is 372 g/mol. The second-order valence-corrected chi connectivity index (χ2v) is 5.37. The summed E-state index contributed by atoms with van der Waals surface area (Å²) >= 11 is 3.42. The first kappa shape index (κ1) is 17.7. The largest absolute Gasteiger partial charge is 0.339 e. The Bertz CT molecular complexity index is 602. The van der Waals surface area contributed by atoms with Crippen molar-refractivity contribution in [1.82, 2.24) is 20.0 Å². The van der Waals surface area contributed by atoms with Crippen molar-refractivity contribution >= 4 is 34.2 Å². The highest BCUT2D eigenvalue weighted by Gasteiger charge is 2.14. The van der Waals surface area contributed by atoms with Crippen LogP contribution in [0.2, 0.25) is 0 Å². The fourth-order valence-electron chi connectivity index (χ4n) is 1.78. The number of rotatable bonds is 5. The number of carbonyl (C=O) groups excluding carboxylic acids is 1. The summed E-state index contributed by atoms with van der Waals surface area (Å²) in [6.07, 6.45) is 1.79. The average molecular weight is 374 g/mol. The Labute approximate surface area is 138 Å². The van der Waals surface area contributed by atoms with E-state index in [0.717, 1.165) is 16.7 Å². The first-order chi connectivity index (χ1) is 9.61. The number of hydrogen-bond acceptors (Lipinski definition) is 3. The maximum absolute atomic E-state index is 12.2. The van der Waals surface area contributed by atoms with Gasteiger partial charge in [0.25, 0.3) is 5.91 Å². The van der Waals surface area contributed by atoms with Crippen molar-refractivity contribution in [2.45, 2.75) is 0 Å². The van der Waals surface area contributed by atoms with Gasteiger partial charge in [0.15, 0.2) is 5.69 Å². The maximum Gasteiger partial charge on any atom is 0.274 e. The highest BCUT2D eigenvalue weighted by atomic mass is 79.9. The van der Waals surface area contributed by atoms with Gasteiger partial charge in [-0.1, -0.05) is 22.0 Å². The first-order valence-electron chi connectivity index (χ1n) is 6.33. The Balaban J connectivity index is 0.00000220. The number of benzene rings is 1. The lowest BCUT2D eigenvalue weighted by Gasteiger charge is -2.15. The molecule has 0 bridgehead atoms. The van der Waals surface area contributed by atoms with Crippen molar-refractivity contribution in [3.63, 3.8) is 0 Å². The lowest BCUT2D eigenvalue weighted by molar-refractivity contribution is 0.0790. The lowest BCUT2D eigenvalue weighted by atomic mass is 10.3. The van der Waals surface area contributed by atoms with E-state index in [-0.39, 0.29) is 18.3 Å². The van der Waals surface area contributed by atoms with Gasteiger partial charge in [-0.25, -0.2) is 4.68 Å². The molecule has 1 heterocycles. The Morgan fingerprint density at radius 1 is 1.43 bits per heavy atom. The number of amides is 1. The zero-order valence-electron chi connectivity index (χ0n) is 11.9. The summed E-state index contributed by atoms with van der Waals surface area (Å²) in [5.74, 6) is -0.0750. The van der Waals surface area contributed by atoms with Gasteiger partial charge < -0.3 is 10.2 Å². The molecule has 21 heavy (non-hydrogen) atoms. The number of likely N-dealkylation sites (N-methyl/N-ethyl adjacent to an activating group) is 2. The molecule has 1 aromatic heterocycles. The van der Waals surface area contributed by atoms with Gasteiger partial charge in [-0.05, 0) is 31.3 Å². The predicted octanol–water partition coefficient (Wildman–Crippen LogP) is 2.35. The Morgan fingerprint density at radius 3 is 2.86 bits per heavy atom. The van der Waals surface area contributed by atoms with Crippen LogP contribution in [-0.2, 0) is 0 Å². The van der Waals surface area contributed by atoms with Gasteiger partial charge in [-0.2, -0.15) is 5.10 Å². The molecular weight excluding hydrogens is 356 g/mol. The molecule has 7 heteroatoms. The first-order valence-corrected chi connectivity index (χ1v) is 7.13. The molecule has 0 spiro atoms. The van der Waals surface area contributed by atoms with Crippen LogP contribution in [0.1, 0.15) is 10.5 Å². The van der Waals surface area contributed by atoms with Crippen LogP contribution >= 0.6 is 28.3 Å². The van der Waals surface area contributed by atoms with Gasteiger partial charge >= 0.3 is 0 Å². The Morgan fingerprint density at radius 2 is 2.19 bits per heavy atom. The van der Waals surface area contributed by atoms with Crippen molar-refractivity contribution in [2.75, 3.05) is 27.2 Å². The standard InChI is InChI=1S/C14H17BrN4O.ClH/c1-16-7-9-18(2)14(20)13-6-8-19(17-13)12-5-3-4-11(15)10-12;/h3-6,8,10,16H,7,9H2,1-2H3;1H. The number of carbonyl (C=O) groups is 1. The zero-order valence-corrected chi connectivity index (χ0v) is 14.3. The van der Waals surface area contributed by atoms with Gasteiger partial charge in [0.2, 0.25) is 0 Å². The third-order valence-electron chi connectivity index (χ3n) is 2.92. The molecule has 1 aromatic carbocycles. The average Bonchev–Trinajstić information content (AvgIpc) is 2.93. The minimum absolute atomic E-state index is 0. The molecule has 0 saturated heterocycles. The van der Waals surface area contributed by atoms with Crippen molar-refractivity contribution in [3.8, 4) is 5.69 Å². The Hall–Kier alpha value is -1.37. The molecule has 0 unspecified atom stereocenters. The SMILES string of the molecule is CNCCN(C)C(=O)c1ccn(-c2cccc(Br)c2)n1.Cl. The van der Waals surface area contributed by atoms with E-state index in [1.807, 2.05) is 31.3 Å². The number of nitrogens with one attached hydrogen (secondary N) is 1. The molecule has 5 nitrogen and oxygen atoms in total. The Kier molecular flexibility index (Phi) is 6.87. The molecule has 1 N–H and O–H groups in total. The molecular formula is C14H18BrClN4O. The van der Waals surface area contributed by atoms with E-state index in [2.05, 4.69) is 26.3 Å². The molecule has 0 radical (unpaired) electrons. The van der Waals surface area contributed by atoms with Gasteiger partial charge in [-0.15, -0.1) is 12.4 Å². The lowest BCUT2D eigenvalue weighted by Crippen LogP contribution is -2.33. The van der Waals surface area contributed by atoms with E-state index in [1.165, 1.54) is 0 Å². The summed E-state index contributed by atoms with van der Waals surface area (Å²) in [5.41, 5.74) is 1.36. The summed E-state index contributed by atoms with van der Waals surface area (Å²) in [4.78, 5) is 13.8. The molecule has 1 amide bonds. The van der Waals surface area contributed by atoms with E-state index in [0.29, 0.717) is 12.2 Å². The van der Waals surface area contributed by atoms with Gasteiger partial charge in [0, 0.05) is 30.8 Å². The van der Waals surface area contributed by atoms with Crippen LogP contribution < -0.4 is 5.32 Å². The normalized spacial score (nSPS) is 10.0. The van der Waals surface area contributed by atoms with Crippen LogP contribution in [0.3, 0.4) is 0 Å². The molecule has 0 saturated carbocycles. The second kappa shape index (κ2) is 8.17. The minimum Gasteiger partial charge on any atom is -0.339 e. The zero-order chi connectivity index (χ0) is 14.5.